The third-order valence-corrected chi connectivity index (χ3v) is 8.27. The lowest BCUT2D eigenvalue weighted by Crippen LogP contribution is -2.63. The number of imidazole rings is 1. The van der Waals surface area contributed by atoms with Crippen LogP contribution in [0, 0.1) is 11.8 Å². The van der Waals surface area contributed by atoms with E-state index in [1.165, 1.54) is 17.0 Å². The van der Waals surface area contributed by atoms with E-state index in [0.717, 1.165) is 6.92 Å². The minimum absolute atomic E-state index is 0.00654. The van der Waals surface area contributed by atoms with Gasteiger partial charge in [0.25, 0.3) is 0 Å². The summed E-state index contributed by atoms with van der Waals surface area (Å²) in [6.45, 7) is 1.07. The lowest BCUT2D eigenvalue weighted by atomic mass is 9.58. The van der Waals surface area contributed by atoms with Crippen molar-refractivity contribution in [1.29, 1.82) is 0 Å². The molecule has 11 heteroatoms. The van der Waals surface area contributed by atoms with Crippen LogP contribution in [0.25, 0.3) is 0 Å². The molecule has 0 radical (unpaired) electrons. The highest BCUT2D eigenvalue weighted by molar-refractivity contribution is 6.25. The fourth-order valence-corrected chi connectivity index (χ4v) is 6.43. The molecule has 1 aromatic heterocycles. The number of rotatable bonds is 5. The zero-order valence-corrected chi connectivity index (χ0v) is 21.9. The number of aliphatic hydroxyl groups excluding tert-OH is 2. The van der Waals surface area contributed by atoms with Crippen molar-refractivity contribution in [3.8, 4) is 5.75 Å². The predicted molar refractivity (Wildman–Crippen MR) is 136 cm³/mol. The number of allylic oxidation sites excluding steroid dienone is 1. The Hall–Kier alpha value is -4.09. The molecule has 11 nitrogen and oxygen atoms in total. The topological polar surface area (TPSA) is 170 Å². The molecule has 0 aliphatic heterocycles. The Morgan fingerprint density at radius 2 is 1.87 bits per heavy atom. The molecule has 1 heterocycles. The molecule has 0 amide bonds. The summed E-state index contributed by atoms with van der Waals surface area (Å²) in [5, 5.41) is 44.7. The maximum atomic E-state index is 13.8. The van der Waals surface area contributed by atoms with E-state index in [1.807, 2.05) is 0 Å². The number of aromatic nitrogens is 2. The first kappa shape index (κ1) is 26.5. The van der Waals surface area contributed by atoms with Crippen LogP contribution in [0.3, 0.4) is 0 Å². The molecule has 0 saturated heterocycles. The second-order valence-electron chi connectivity index (χ2n) is 10.7. The maximum Gasteiger partial charge on any atom is 0.209 e. The first-order valence-electron chi connectivity index (χ1n) is 12.5. The third-order valence-electron chi connectivity index (χ3n) is 8.27. The van der Waals surface area contributed by atoms with E-state index >= 15 is 0 Å². The summed E-state index contributed by atoms with van der Waals surface area (Å²) in [5.74, 6) is -6.70. The fraction of sp³-hybridized carbons (Fsp3) is 0.393. The molecule has 3 aliphatic carbocycles. The van der Waals surface area contributed by atoms with Crippen LogP contribution in [-0.4, -0.2) is 83.7 Å². The molecular formula is C28H29N3O8. The number of likely N-dealkylation sites (N-methyl/N-ethyl adjacent to an activating group) is 1. The molecule has 4 atom stereocenters. The molecule has 0 saturated carbocycles. The second kappa shape index (κ2) is 8.99. The van der Waals surface area contributed by atoms with E-state index < -0.39 is 63.7 Å². The largest absolute Gasteiger partial charge is 0.510 e. The molecular weight excluding hydrogens is 506 g/mol. The lowest BCUT2D eigenvalue weighted by molar-refractivity contribution is -0.148. The van der Waals surface area contributed by atoms with E-state index in [2.05, 4.69) is 4.98 Å². The van der Waals surface area contributed by atoms with Gasteiger partial charge in [-0.3, -0.25) is 24.1 Å². The Labute approximate surface area is 223 Å². The standard InChI is InChI=1S/C28H29N3O8/c1-12(32)20-25(36)23(30(2)3)17-8-13-7-16-15(19(34)9-14-10-29-11-31(14)4)5-6-18(33)22(16)24(35)21(13)27(38)28(17,39)26(20)37/h5-6,10-11,13,17,23,33,36,38-39H,7-9H2,1-4H3/t13-,17-,23-,28+/m0/s1. The van der Waals surface area contributed by atoms with Crippen molar-refractivity contribution in [3.63, 3.8) is 0 Å². The number of Topliss-reactive ketones (excluding diaryl/α,β-unsaturated/α-hetero) is 4. The minimum atomic E-state index is -2.64. The number of hydrogen-bond donors (Lipinski definition) is 4. The summed E-state index contributed by atoms with van der Waals surface area (Å²) in [5.41, 5.74) is -2.49. The van der Waals surface area contributed by atoms with Crippen molar-refractivity contribution in [1.82, 2.24) is 14.5 Å². The number of benzene rings is 1. The van der Waals surface area contributed by atoms with Crippen LogP contribution in [0.15, 0.2) is 47.3 Å². The molecule has 0 unspecified atom stereocenters. The number of ketones is 4. The second-order valence-corrected chi connectivity index (χ2v) is 10.7. The highest BCUT2D eigenvalue weighted by atomic mass is 16.3. The van der Waals surface area contributed by atoms with Crippen LogP contribution in [0.5, 0.6) is 5.75 Å². The average Bonchev–Trinajstić information content (AvgIpc) is 3.25. The Balaban J connectivity index is 1.66. The zero-order chi connectivity index (χ0) is 28.5. The zero-order valence-electron chi connectivity index (χ0n) is 21.9. The summed E-state index contributed by atoms with van der Waals surface area (Å²) < 4.78 is 1.70. The summed E-state index contributed by atoms with van der Waals surface area (Å²) in [6, 6.07) is 1.67. The number of phenolic OH excluding ortho intramolecular Hbond substituents is 1. The van der Waals surface area contributed by atoms with Gasteiger partial charge in [-0.15, -0.1) is 0 Å². The van der Waals surface area contributed by atoms with Crippen molar-refractivity contribution in [2.24, 2.45) is 18.9 Å². The first-order valence-corrected chi connectivity index (χ1v) is 12.5. The predicted octanol–water partition coefficient (Wildman–Crippen LogP) is 1.38. The van der Waals surface area contributed by atoms with Gasteiger partial charge in [0.15, 0.2) is 23.0 Å². The van der Waals surface area contributed by atoms with Gasteiger partial charge in [-0.1, -0.05) is 0 Å². The molecule has 5 rings (SSSR count). The average molecular weight is 536 g/mol. The molecule has 3 aliphatic rings. The Kier molecular flexibility index (Phi) is 6.11. The molecule has 39 heavy (non-hydrogen) atoms. The number of aryl methyl sites for hydroxylation is 1. The van der Waals surface area contributed by atoms with Crippen molar-refractivity contribution in [3.05, 3.63) is 69.7 Å². The maximum absolute atomic E-state index is 13.8. The van der Waals surface area contributed by atoms with Gasteiger partial charge in [-0.2, -0.15) is 0 Å². The minimum Gasteiger partial charge on any atom is -0.510 e. The van der Waals surface area contributed by atoms with E-state index in [1.54, 1.807) is 38.2 Å². The van der Waals surface area contributed by atoms with E-state index in [-0.39, 0.29) is 41.7 Å². The normalized spacial score (nSPS) is 26.5. The SMILES string of the molecule is CC(=O)C1=C(O)[C@@H](N(C)C)[C@@H]2C[C@@H]3Cc4c(C(=O)Cc5cncn5C)ccc(O)c4C(=O)C3=C(O)[C@]2(O)C1=O. The van der Waals surface area contributed by atoms with Crippen LogP contribution >= 0.6 is 0 Å². The number of aromatic hydroxyl groups is 1. The highest BCUT2D eigenvalue weighted by Crippen LogP contribution is 2.52. The molecule has 0 bridgehead atoms. The van der Waals surface area contributed by atoms with Gasteiger partial charge in [0, 0.05) is 36.0 Å². The third kappa shape index (κ3) is 3.68. The van der Waals surface area contributed by atoms with Crippen molar-refractivity contribution in [2.75, 3.05) is 14.1 Å². The fourth-order valence-electron chi connectivity index (χ4n) is 6.43. The monoisotopic (exact) mass is 535 g/mol. The summed E-state index contributed by atoms with van der Waals surface area (Å²) in [7, 11) is 4.95. The van der Waals surface area contributed by atoms with Gasteiger partial charge in [0.1, 0.15) is 22.8 Å². The van der Waals surface area contributed by atoms with Crippen molar-refractivity contribution >= 4 is 23.1 Å². The number of nitrogens with zero attached hydrogens (tertiary/aromatic N) is 3. The molecule has 0 spiro atoms. The van der Waals surface area contributed by atoms with Crippen LogP contribution in [0.2, 0.25) is 0 Å². The number of aliphatic hydroxyl groups is 3. The van der Waals surface area contributed by atoms with Crippen molar-refractivity contribution in [2.45, 2.75) is 37.8 Å². The molecule has 1 aromatic carbocycles. The molecule has 4 N–H and O–H groups in total. The molecule has 2 aromatic rings. The van der Waals surface area contributed by atoms with E-state index in [4.69, 9.17) is 0 Å². The van der Waals surface area contributed by atoms with Crippen LogP contribution in [0.1, 0.15) is 45.3 Å². The van der Waals surface area contributed by atoms with E-state index in [9.17, 15) is 39.6 Å². The number of carbonyl (C=O) groups excluding carboxylic acids is 4. The smallest absolute Gasteiger partial charge is 0.209 e. The number of hydrogen-bond acceptors (Lipinski definition) is 10. The van der Waals surface area contributed by atoms with Crippen LogP contribution in [-0.2, 0) is 29.5 Å². The number of phenols is 1. The summed E-state index contributed by atoms with van der Waals surface area (Å²) in [6.07, 6.45) is 3.18. The van der Waals surface area contributed by atoms with Gasteiger partial charge in [-0.25, -0.2) is 4.98 Å². The number of carbonyl (C=O) groups is 4. The van der Waals surface area contributed by atoms with E-state index in [0.29, 0.717) is 11.3 Å². The molecule has 204 valence electrons. The van der Waals surface area contributed by atoms with Crippen LogP contribution in [0.4, 0.5) is 0 Å². The Morgan fingerprint density at radius 1 is 1.18 bits per heavy atom. The Bertz CT molecular complexity index is 1530. The first-order chi connectivity index (χ1) is 18.3. The Morgan fingerprint density at radius 3 is 2.46 bits per heavy atom. The van der Waals surface area contributed by atoms with Gasteiger partial charge in [0.2, 0.25) is 5.78 Å². The summed E-state index contributed by atoms with van der Waals surface area (Å²) in [4.78, 5) is 58.4. The lowest BCUT2D eigenvalue weighted by Gasteiger charge is -2.50. The van der Waals surface area contributed by atoms with Crippen molar-refractivity contribution < 1.29 is 39.6 Å². The van der Waals surface area contributed by atoms with Gasteiger partial charge < -0.3 is 25.0 Å². The van der Waals surface area contributed by atoms with Crippen LogP contribution < -0.4 is 0 Å². The van der Waals surface area contributed by atoms with Gasteiger partial charge in [0.05, 0.1) is 24.4 Å². The number of fused-ring (bicyclic) bond motifs is 3. The molecule has 0 fully saturated rings. The highest BCUT2D eigenvalue weighted by Gasteiger charge is 2.63. The van der Waals surface area contributed by atoms with Gasteiger partial charge in [-0.05, 0) is 57.5 Å². The summed E-state index contributed by atoms with van der Waals surface area (Å²) >= 11 is 0. The van der Waals surface area contributed by atoms with Gasteiger partial charge >= 0.3 is 0 Å². The quantitative estimate of drug-likeness (QED) is 0.324.